The molecule has 21 heavy (non-hydrogen) atoms. The summed E-state index contributed by atoms with van der Waals surface area (Å²) in [7, 11) is 1.33. The first kappa shape index (κ1) is 14.9. The number of carboxylic acid groups (broad SMARTS) is 1. The van der Waals surface area contributed by atoms with Gasteiger partial charge in [-0.2, -0.15) is 13.2 Å². The summed E-state index contributed by atoms with van der Waals surface area (Å²) in [5, 5.41) is 9.09. The molecule has 6 heteroatoms. The molecule has 110 valence electrons. The summed E-state index contributed by atoms with van der Waals surface area (Å²) in [5.41, 5.74) is -0.227. The van der Waals surface area contributed by atoms with E-state index in [4.69, 9.17) is 9.84 Å². The molecule has 1 N–H and O–H groups in total. The Labute approximate surface area is 118 Å². The molecular weight excluding hydrogens is 285 g/mol. The van der Waals surface area contributed by atoms with Gasteiger partial charge >= 0.3 is 12.1 Å². The van der Waals surface area contributed by atoms with Crippen molar-refractivity contribution in [2.75, 3.05) is 7.11 Å². The Morgan fingerprint density at radius 2 is 1.76 bits per heavy atom. The lowest BCUT2D eigenvalue weighted by molar-refractivity contribution is -0.137. The number of carboxylic acids is 1. The molecule has 0 saturated heterocycles. The molecule has 0 aliphatic heterocycles. The lowest BCUT2D eigenvalue weighted by Crippen LogP contribution is -2.04. The Morgan fingerprint density at radius 3 is 2.33 bits per heavy atom. The quantitative estimate of drug-likeness (QED) is 0.928. The fraction of sp³-hybridized carbons (Fsp3) is 0.133. The molecule has 0 spiro atoms. The number of aromatic carboxylic acids is 1. The number of benzene rings is 2. The Hall–Kier alpha value is -2.50. The van der Waals surface area contributed by atoms with E-state index in [1.165, 1.54) is 37.4 Å². The molecule has 0 fully saturated rings. The first-order chi connectivity index (χ1) is 9.82. The molecule has 3 nitrogen and oxygen atoms in total. The largest absolute Gasteiger partial charge is 0.496 e. The summed E-state index contributed by atoms with van der Waals surface area (Å²) in [6.07, 6.45) is -4.45. The first-order valence-corrected chi connectivity index (χ1v) is 5.92. The zero-order valence-corrected chi connectivity index (χ0v) is 10.9. The Bertz CT molecular complexity index is 678. The van der Waals surface area contributed by atoms with E-state index in [1.807, 2.05) is 0 Å². The second kappa shape index (κ2) is 5.47. The van der Waals surface area contributed by atoms with E-state index in [0.717, 1.165) is 12.1 Å². The van der Waals surface area contributed by atoms with Gasteiger partial charge in [-0.25, -0.2) is 4.79 Å². The summed E-state index contributed by atoms with van der Waals surface area (Å²) in [4.78, 5) is 11.1. The topological polar surface area (TPSA) is 46.5 Å². The van der Waals surface area contributed by atoms with Crippen molar-refractivity contribution in [1.82, 2.24) is 0 Å². The number of ether oxygens (including phenoxy) is 1. The molecule has 0 aromatic heterocycles. The van der Waals surface area contributed by atoms with Gasteiger partial charge in [-0.1, -0.05) is 18.2 Å². The van der Waals surface area contributed by atoms with Gasteiger partial charge in [0.15, 0.2) is 0 Å². The predicted molar refractivity (Wildman–Crippen MR) is 70.4 cm³/mol. The normalized spacial score (nSPS) is 11.2. The van der Waals surface area contributed by atoms with Crippen LogP contribution in [0.3, 0.4) is 0 Å². The average molecular weight is 296 g/mol. The lowest BCUT2D eigenvalue weighted by atomic mass is 10.0. The molecule has 2 aromatic carbocycles. The minimum atomic E-state index is -4.45. The number of rotatable bonds is 3. The smallest absolute Gasteiger partial charge is 0.416 e. The maximum absolute atomic E-state index is 12.7. The Kier molecular flexibility index (Phi) is 3.88. The van der Waals surface area contributed by atoms with E-state index in [1.54, 1.807) is 0 Å². The van der Waals surface area contributed by atoms with Crippen molar-refractivity contribution in [3.05, 3.63) is 53.6 Å². The minimum absolute atomic E-state index is 0.104. The number of alkyl halides is 3. The monoisotopic (exact) mass is 296 g/mol. The van der Waals surface area contributed by atoms with Crippen LogP contribution in [-0.2, 0) is 6.18 Å². The highest BCUT2D eigenvalue weighted by Crippen LogP contribution is 2.33. The van der Waals surface area contributed by atoms with Crippen LogP contribution >= 0.6 is 0 Å². The van der Waals surface area contributed by atoms with Crippen LogP contribution in [0.1, 0.15) is 15.9 Å². The number of halogens is 3. The molecule has 2 rings (SSSR count). The van der Waals surface area contributed by atoms with Crippen LogP contribution in [0.5, 0.6) is 5.75 Å². The highest BCUT2D eigenvalue weighted by molar-refractivity contribution is 5.92. The molecule has 0 aliphatic rings. The standard InChI is InChI=1S/C15H11F3O3/c1-21-13-6-5-10(8-12(13)14(19)20)9-3-2-4-11(7-9)15(16,17)18/h2-8H,1H3,(H,19,20). The van der Waals surface area contributed by atoms with Gasteiger partial charge in [0.05, 0.1) is 12.7 Å². The van der Waals surface area contributed by atoms with Gasteiger partial charge in [-0.15, -0.1) is 0 Å². The highest BCUT2D eigenvalue weighted by Gasteiger charge is 2.30. The number of methoxy groups -OCH3 is 1. The zero-order valence-electron chi connectivity index (χ0n) is 10.9. The van der Waals surface area contributed by atoms with Crippen molar-refractivity contribution in [2.24, 2.45) is 0 Å². The Balaban J connectivity index is 2.52. The highest BCUT2D eigenvalue weighted by atomic mass is 19.4. The fourth-order valence-corrected chi connectivity index (χ4v) is 1.93. The van der Waals surface area contributed by atoms with Gasteiger partial charge in [0.1, 0.15) is 11.3 Å². The fourth-order valence-electron chi connectivity index (χ4n) is 1.93. The Morgan fingerprint density at radius 1 is 1.10 bits per heavy atom. The molecule has 0 atom stereocenters. The van der Waals surface area contributed by atoms with E-state index in [9.17, 15) is 18.0 Å². The third-order valence-corrected chi connectivity index (χ3v) is 2.95. The molecule has 0 heterocycles. The van der Waals surface area contributed by atoms with Crippen molar-refractivity contribution in [3.8, 4) is 16.9 Å². The number of hydrogen-bond donors (Lipinski definition) is 1. The van der Waals surface area contributed by atoms with Crippen molar-refractivity contribution in [3.63, 3.8) is 0 Å². The van der Waals surface area contributed by atoms with E-state index in [-0.39, 0.29) is 16.9 Å². The van der Waals surface area contributed by atoms with Crippen molar-refractivity contribution < 1.29 is 27.8 Å². The molecule has 0 unspecified atom stereocenters. The van der Waals surface area contributed by atoms with Crippen LogP contribution in [0, 0.1) is 0 Å². The van der Waals surface area contributed by atoms with Crippen LogP contribution in [0.25, 0.3) is 11.1 Å². The van der Waals surface area contributed by atoms with Gasteiger partial charge in [0.25, 0.3) is 0 Å². The van der Waals surface area contributed by atoms with Crippen LogP contribution in [-0.4, -0.2) is 18.2 Å². The van der Waals surface area contributed by atoms with E-state index in [2.05, 4.69) is 0 Å². The minimum Gasteiger partial charge on any atom is -0.496 e. The zero-order chi connectivity index (χ0) is 15.6. The second-order valence-electron chi connectivity index (χ2n) is 4.30. The predicted octanol–water partition coefficient (Wildman–Crippen LogP) is 4.08. The van der Waals surface area contributed by atoms with Crippen molar-refractivity contribution in [1.29, 1.82) is 0 Å². The maximum atomic E-state index is 12.7. The average Bonchev–Trinajstić information content (AvgIpc) is 2.45. The number of hydrogen-bond acceptors (Lipinski definition) is 2. The van der Waals surface area contributed by atoms with Crippen LogP contribution in [0.15, 0.2) is 42.5 Å². The maximum Gasteiger partial charge on any atom is 0.416 e. The van der Waals surface area contributed by atoms with Gasteiger partial charge in [0, 0.05) is 0 Å². The van der Waals surface area contributed by atoms with E-state index >= 15 is 0 Å². The third kappa shape index (κ3) is 3.16. The van der Waals surface area contributed by atoms with E-state index < -0.39 is 17.7 Å². The van der Waals surface area contributed by atoms with Gasteiger partial charge in [0.2, 0.25) is 0 Å². The number of carbonyl (C=O) groups is 1. The van der Waals surface area contributed by atoms with Crippen LogP contribution < -0.4 is 4.74 Å². The molecule has 0 amide bonds. The van der Waals surface area contributed by atoms with Gasteiger partial charge in [-0.3, -0.25) is 0 Å². The van der Waals surface area contributed by atoms with E-state index in [0.29, 0.717) is 5.56 Å². The van der Waals surface area contributed by atoms with Crippen LogP contribution in [0.2, 0.25) is 0 Å². The summed E-state index contributed by atoms with van der Waals surface area (Å²) in [6, 6.07) is 8.93. The summed E-state index contributed by atoms with van der Waals surface area (Å²) in [6.45, 7) is 0. The SMILES string of the molecule is COc1ccc(-c2cccc(C(F)(F)F)c2)cc1C(=O)O. The first-order valence-electron chi connectivity index (χ1n) is 5.92. The molecule has 0 saturated carbocycles. The van der Waals surface area contributed by atoms with Gasteiger partial charge < -0.3 is 9.84 Å². The van der Waals surface area contributed by atoms with Crippen LogP contribution in [0.4, 0.5) is 13.2 Å². The van der Waals surface area contributed by atoms with Gasteiger partial charge in [-0.05, 0) is 35.4 Å². The summed E-state index contributed by atoms with van der Waals surface area (Å²) >= 11 is 0. The molecule has 0 bridgehead atoms. The molecule has 0 radical (unpaired) electrons. The van der Waals surface area contributed by atoms with Crippen molar-refractivity contribution >= 4 is 5.97 Å². The lowest BCUT2D eigenvalue weighted by Gasteiger charge is -2.11. The summed E-state index contributed by atoms with van der Waals surface area (Å²) in [5.74, 6) is -1.06. The molecule has 2 aromatic rings. The summed E-state index contributed by atoms with van der Waals surface area (Å²) < 4.78 is 43.0. The molecule has 0 aliphatic carbocycles. The third-order valence-electron chi connectivity index (χ3n) is 2.95. The second-order valence-corrected chi connectivity index (χ2v) is 4.30. The molecular formula is C15H11F3O3. The van der Waals surface area contributed by atoms with Crippen molar-refractivity contribution in [2.45, 2.75) is 6.18 Å².